The van der Waals surface area contributed by atoms with Crippen molar-refractivity contribution in [3.05, 3.63) is 132 Å². The average Bonchev–Trinajstić information content (AvgIpc) is 3.42. The minimum atomic E-state index is -1.56. The predicted molar refractivity (Wildman–Crippen MR) is 165 cm³/mol. The van der Waals surface area contributed by atoms with E-state index < -0.39 is 17.4 Å². The molecule has 204 valence electrons. The maximum Gasteiger partial charge on any atom is 0.330 e. The molecule has 6 aromatic rings. The zero-order chi connectivity index (χ0) is 28.6. The van der Waals surface area contributed by atoms with Gasteiger partial charge in [0, 0.05) is 36.5 Å². The van der Waals surface area contributed by atoms with Crippen molar-refractivity contribution < 1.29 is 14.7 Å². The third-order valence-corrected chi connectivity index (χ3v) is 8.56. The Hall–Kier alpha value is -4.90. The highest BCUT2D eigenvalue weighted by Gasteiger charge is 2.49. The molecule has 1 aromatic heterocycles. The number of carboxylic acid groups (broad SMARTS) is 1. The molecule has 0 aliphatic rings. The molecule has 1 unspecified atom stereocenters. The number of carbonyl (C=O) groups excluding carboxylic acids is 1. The largest absolute Gasteiger partial charge is 0.479 e. The van der Waals surface area contributed by atoms with Crippen LogP contribution in [0.4, 0.5) is 0 Å². The van der Waals surface area contributed by atoms with Crippen LogP contribution in [0.15, 0.2) is 115 Å². The monoisotopic (exact) mass is 540 g/mol. The number of H-pyrrole nitrogens is 1. The highest BCUT2D eigenvalue weighted by molar-refractivity contribution is 5.92. The fourth-order valence-electron chi connectivity index (χ4n) is 6.34. The van der Waals surface area contributed by atoms with Gasteiger partial charge in [-0.25, -0.2) is 4.79 Å². The SMILES string of the molecule is CC(=O)N(Cc1cccc2ccccc12)[C@](C)(C(=O)O)C(Cc1cccc2ccccc12)c1c[nH]c2ccccc12. The number of nitrogens with one attached hydrogen (secondary N) is 1. The van der Waals surface area contributed by atoms with Gasteiger partial charge in [0.1, 0.15) is 5.54 Å². The first-order chi connectivity index (χ1) is 19.9. The zero-order valence-electron chi connectivity index (χ0n) is 23.2. The van der Waals surface area contributed by atoms with Crippen molar-refractivity contribution in [2.75, 3.05) is 0 Å². The highest BCUT2D eigenvalue weighted by atomic mass is 16.4. The number of nitrogens with zero attached hydrogens (tertiary/aromatic N) is 1. The van der Waals surface area contributed by atoms with Gasteiger partial charge >= 0.3 is 5.97 Å². The molecule has 0 aliphatic carbocycles. The summed E-state index contributed by atoms with van der Waals surface area (Å²) in [5.74, 6) is -1.88. The van der Waals surface area contributed by atoms with Crippen LogP contribution in [0.1, 0.15) is 36.5 Å². The lowest BCUT2D eigenvalue weighted by atomic mass is 9.74. The molecule has 2 atom stereocenters. The number of amides is 1. The molecule has 6 rings (SSSR count). The first-order valence-corrected chi connectivity index (χ1v) is 13.9. The number of carbonyl (C=O) groups is 2. The van der Waals surface area contributed by atoms with E-state index in [4.69, 9.17) is 0 Å². The number of carboxylic acids is 1. The number of para-hydroxylation sites is 1. The summed E-state index contributed by atoms with van der Waals surface area (Å²) >= 11 is 0. The molecule has 0 saturated heterocycles. The lowest BCUT2D eigenvalue weighted by Crippen LogP contribution is -2.58. The van der Waals surface area contributed by atoms with Crippen molar-refractivity contribution in [3.63, 3.8) is 0 Å². The fourth-order valence-corrected chi connectivity index (χ4v) is 6.34. The maximum absolute atomic E-state index is 13.5. The molecule has 0 spiro atoms. The van der Waals surface area contributed by atoms with Crippen LogP contribution in [0.25, 0.3) is 32.4 Å². The topological polar surface area (TPSA) is 73.4 Å². The lowest BCUT2D eigenvalue weighted by Gasteiger charge is -2.43. The van der Waals surface area contributed by atoms with Crippen LogP contribution in [0, 0.1) is 0 Å². The van der Waals surface area contributed by atoms with E-state index in [2.05, 4.69) is 29.2 Å². The minimum absolute atomic E-state index is 0.174. The summed E-state index contributed by atoms with van der Waals surface area (Å²) in [6.07, 6.45) is 2.35. The number of fused-ring (bicyclic) bond motifs is 3. The summed E-state index contributed by atoms with van der Waals surface area (Å²) < 4.78 is 0. The minimum Gasteiger partial charge on any atom is -0.479 e. The average molecular weight is 541 g/mol. The van der Waals surface area contributed by atoms with Crippen LogP contribution in [-0.4, -0.2) is 32.4 Å². The Bertz CT molecular complexity index is 1900. The summed E-state index contributed by atoms with van der Waals surface area (Å²) in [7, 11) is 0. The number of aromatic amines is 1. The number of hydrogen-bond acceptors (Lipinski definition) is 2. The van der Waals surface area contributed by atoms with Crippen molar-refractivity contribution in [1.29, 1.82) is 0 Å². The van der Waals surface area contributed by atoms with E-state index in [1.54, 1.807) is 11.8 Å². The Labute approximate surface area is 239 Å². The van der Waals surface area contributed by atoms with Crippen molar-refractivity contribution >= 4 is 44.3 Å². The molecule has 5 heteroatoms. The van der Waals surface area contributed by atoms with Crippen molar-refractivity contribution in [1.82, 2.24) is 9.88 Å². The first-order valence-electron chi connectivity index (χ1n) is 13.9. The molecule has 0 radical (unpaired) electrons. The second-order valence-electron chi connectivity index (χ2n) is 10.9. The number of hydrogen-bond donors (Lipinski definition) is 2. The van der Waals surface area contributed by atoms with Gasteiger partial charge < -0.3 is 15.0 Å². The van der Waals surface area contributed by atoms with Gasteiger partial charge in [-0.2, -0.15) is 0 Å². The fraction of sp³-hybridized carbons (Fsp3) is 0.167. The van der Waals surface area contributed by atoms with E-state index in [0.717, 1.165) is 49.1 Å². The summed E-state index contributed by atoms with van der Waals surface area (Å²) in [4.78, 5) is 31.9. The molecular formula is C36H32N2O3. The number of aromatic nitrogens is 1. The number of benzene rings is 5. The van der Waals surface area contributed by atoms with Gasteiger partial charge in [-0.3, -0.25) is 4.79 Å². The summed E-state index contributed by atoms with van der Waals surface area (Å²) in [5, 5.41) is 16.3. The quantitative estimate of drug-likeness (QED) is 0.208. The van der Waals surface area contributed by atoms with Crippen LogP contribution >= 0.6 is 0 Å². The molecule has 1 amide bonds. The Morgan fingerprint density at radius 2 is 1.29 bits per heavy atom. The van der Waals surface area contributed by atoms with Gasteiger partial charge in [0.15, 0.2) is 0 Å². The Morgan fingerprint density at radius 1 is 0.756 bits per heavy atom. The van der Waals surface area contributed by atoms with Crippen molar-refractivity contribution in [2.45, 2.75) is 38.3 Å². The molecule has 41 heavy (non-hydrogen) atoms. The number of rotatable bonds is 8. The van der Waals surface area contributed by atoms with Crippen molar-refractivity contribution in [3.8, 4) is 0 Å². The Morgan fingerprint density at radius 3 is 1.93 bits per heavy atom. The summed E-state index contributed by atoms with van der Waals surface area (Å²) in [6, 6.07) is 36.2. The van der Waals surface area contributed by atoms with E-state index in [9.17, 15) is 14.7 Å². The summed E-state index contributed by atoms with van der Waals surface area (Å²) in [5.41, 5.74) is 2.20. The highest BCUT2D eigenvalue weighted by Crippen LogP contribution is 2.42. The molecule has 0 aliphatic heterocycles. The zero-order valence-corrected chi connectivity index (χ0v) is 23.2. The van der Waals surface area contributed by atoms with Crippen LogP contribution in [0.3, 0.4) is 0 Å². The van der Waals surface area contributed by atoms with E-state index in [0.29, 0.717) is 6.42 Å². The maximum atomic E-state index is 13.5. The van der Waals surface area contributed by atoms with Gasteiger partial charge in [0.05, 0.1) is 0 Å². The van der Waals surface area contributed by atoms with Gasteiger partial charge in [0.2, 0.25) is 5.91 Å². The van der Waals surface area contributed by atoms with E-state index in [1.165, 1.54) is 6.92 Å². The third-order valence-electron chi connectivity index (χ3n) is 8.56. The molecule has 1 heterocycles. The first kappa shape index (κ1) is 26.3. The lowest BCUT2D eigenvalue weighted by molar-refractivity contribution is -0.160. The molecule has 0 bridgehead atoms. The predicted octanol–water partition coefficient (Wildman–Crippen LogP) is 7.69. The van der Waals surface area contributed by atoms with Crippen LogP contribution in [-0.2, 0) is 22.6 Å². The van der Waals surface area contributed by atoms with E-state index in [1.807, 2.05) is 91.1 Å². The van der Waals surface area contributed by atoms with Gasteiger partial charge in [-0.15, -0.1) is 0 Å². The Balaban J connectivity index is 1.55. The van der Waals surface area contributed by atoms with Crippen LogP contribution < -0.4 is 0 Å². The molecule has 5 aromatic carbocycles. The summed E-state index contributed by atoms with van der Waals surface area (Å²) in [6.45, 7) is 3.35. The van der Waals surface area contributed by atoms with Crippen LogP contribution in [0.5, 0.6) is 0 Å². The van der Waals surface area contributed by atoms with Crippen molar-refractivity contribution in [2.24, 2.45) is 0 Å². The standard InChI is InChI=1S/C36H32N2O3/c1-24(39)38(23-28-16-10-14-26-12-4-6-18-30(26)28)36(2,35(40)41)33(32-22-37-34-20-8-7-19-31(32)34)21-27-15-9-13-25-11-3-5-17-29(25)27/h3-20,22,33,37H,21,23H2,1-2H3,(H,40,41)/t33?,36-/m0/s1. The molecular weight excluding hydrogens is 508 g/mol. The Kier molecular flexibility index (Phi) is 6.80. The molecule has 0 saturated carbocycles. The molecule has 0 fully saturated rings. The number of aliphatic carboxylic acids is 1. The van der Waals surface area contributed by atoms with Gasteiger partial charge in [0.25, 0.3) is 0 Å². The molecule has 2 N–H and O–H groups in total. The second-order valence-corrected chi connectivity index (χ2v) is 10.9. The smallest absolute Gasteiger partial charge is 0.330 e. The van der Waals surface area contributed by atoms with E-state index >= 15 is 0 Å². The van der Waals surface area contributed by atoms with Gasteiger partial charge in [-0.05, 0) is 57.6 Å². The van der Waals surface area contributed by atoms with Gasteiger partial charge in [-0.1, -0.05) is 103 Å². The molecule has 5 nitrogen and oxygen atoms in total. The van der Waals surface area contributed by atoms with Crippen LogP contribution in [0.2, 0.25) is 0 Å². The second kappa shape index (κ2) is 10.6. The normalized spacial score (nSPS) is 13.7. The third kappa shape index (κ3) is 4.63. The van der Waals surface area contributed by atoms with E-state index in [-0.39, 0.29) is 12.5 Å².